The fourth-order valence-electron chi connectivity index (χ4n) is 3.31. The van der Waals surface area contributed by atoms with E-state index in [2.05, 4.69) is 10.6 Å². The zero-order chi connectivity index (χ0) is 23.0. The highest BCUT2D eigenvalue weighted by Gasteiger charge is 2.26. The van der Waals surface area contributed by atoms with E-state index in [1.165, 1.54) is 0 Å². The van der Waals surface area contributed by atoms with Gasteiger partial charge in [-0.3, -0.25) is 9.59 Å². The highest BCUT2D eigenvalue weighted by Crippen LogP contribution is 2.30. The molecule has 31 heavy (non-hydrogen) atoms. The van der Waals surface area contributed by atoms with Crippen LogP contribution in [0.4, 0.5) is 0 Å². The van der Waals surface area contributed by atoms with Crippen LogP contribution in [-0.2, 0) is 4.79 Å². The maximum absolute atomic E-state index is 13.0. The van der Waals surface area contributed by atoms with Crippen LogP contribution in [0.5, 0.6) is 11.5 Å². The summed E-state index contributed by atoms with van der Waals surface area (Å²) in [5, 5.41) is 5.91. The molecule has 0 fully saturated rings. The second kappa shape index (κ2) is 11.4. The average Bonchev–Trinajstić information content (AvgIpc) is 2.73. The molecule has 0 aliphatic heterocycles. The zero-order valence-electron chi connectivity index (χ0n) is 19.3. The monoisotopic (exact) mass is 426 g/mol. The van der Waals surface area contributed by atoms with Crippen molar-refractivity contribution < 1.29 is 19.1 Å². The molecule has 2 aromatic rings. The van der Waals surface area contributed by atoms with Crippen LogP contribution in [0.3, 0.4) is 0 Å². The molecule has 0 saturated heterocycles. The van der Waals surface area contributed by atoms with E-state index in [1.807, 2.05) is 77.9 Å². The molecule has 0 saturated carbocycles. The molecule has 0 aromatic heterocycles. The quantitative estimate of drug-likeness (QED) is 0.589. The van der Waals surface area contributed by atoms with Crippen LogP contribution in [0.25, 0.3) is 0 Å². The van der Waals surface area contributed by atoms with Crippen molar-refractivity contribution in [3.63, 3.8) is 0 Å². The minimum absolute atomic E-state index is 0.0699. The molecule has 2 atom stereocenters. The summed E-state index contributed by atoms with van der Waals surface area (Å²) in [4.78, 5) is 25.8. The molecule has 0 heterocycles. The fourth-order valence-corrected chi connectivity index (χ4v) is 3.31. The predicted octanol–water partition coefficient (Wildman–Crippen LogP) is 4.42. The van der Waals surface area contributed by atoms with Gasteiger partial charge in [0.25, 0.3) is 5.91 Å². The molecule has 0 unspecified atom stereocenters. The van der Waals surface area contributed by atoms with E-state index in [9.17, 15) is 9.59 Å². The molecule has 0 radical (unpaired) electrons. The first-order chi connectivity index (χ1) is 14.8. The maximum Gasteiger partial charge on any atom is 0.252 e. The molecule has 6 nitrogen and oxygen atoms in total. The Labute approximate surface area is 185 Å². The Hall–Kier alpha value is -3.02. The van der Waals surface area contributed by atoms with Crippen LogP contribution in [0, 0.1) is 12.8 Å². The fraction of sp³-hybridized carbons (Fsp3) is 0.440. The van der Waals surface area contributed by atoms with Gasteiger partial charge < -0.3 is 20.1 Å². The Morgan fingerprint density at radius 3 is 2.16 bits per heavy atom. The molecule has 6 heteroatoms. The lowest BCUT2D eigenvalue weighted by atomic mass is 10.0. The molecule has 2 amide bonds. The van der Waals surface area contributed by atoms with Gasteiger partial charge in [0.2, 0.25) is 5.91 Å². The smallest absolute Gasteiger partial charge is 0.252 e. The van der Waals surface area contributed by atoms with Gasteiger partial charge in [-0.2, -0.15) is 0 Å². The summed E-state index contributed by atoms with van der Waals surface area (Å²) >= 11 is 0. The van der Waals surface area contributed by atoms with Crippen molar-refractivity contribution in [2.24, 2.45) is 5.92 Å². The Kier molecular flexibility index (Phi) is 8.91. The third kappa shape index (κ3) is 6.48. The number of amides is 2. The molecule has 0 spiro atoms. The maximum atomic E-state index is 13.0. The molecule has 168 valence electrons. The topological polar surface area (TPSA) is 76.7 Å². The molecule has 2 N–H and O–H groups in total. The summed E-state index contributed by atoms with van der Waals surface area (Å²) in [5.41, 5.74) is 2.34. The number of benzene rings is 2. The van der Waals surface area contributed by atoms with Crippen molar-refractivity contribution in [2.45, 2.75) is 53.6 Å². The summed E-state index contributed by atoms with van der Waals surface area (Å²) in [6.07, 6.45) is 0. The van der Waals surface area contributed by atoms with Crippen molar-refractivity contribution in [2.75, 3.05) is 13.2 Å². The SMILES string of the molecule is CCOc1ccc([C@@H](C)NC(=O)[C@H](NC(=O)c2ccccc2C)C(C)C)cc1OCC. The predicted molar refractivity (Wildman–Crippen MR) is 123 cm³/mol. The second-order valence-electron chi connectivity index (χ2n) is 7.81. The first-order valence-electron chi connectivity index (χ1n) is 10.8. The molecule has 0 aliphatic rings. The van der Waals surface area contributed by atoms with Crippen LogP contribution < -0.4 is 20.1 Å². The average molecular weight is 427 g/mol. The molecular formula is C25H34N2O4. The highest BCUT2D eigenvalue weighted by atomic mass is 16.5. The number of hydrogen-bond donors (Lipinski definition) is 2. The van der Waals surface area contributed by atoms with E-state index in [-0.39, 0.29) is 23.8 Å². The lowest BCUT2D eigenvalue weighted by Gasteiger charge is -2.25. The summed E-state index contributed by atoms with van der Waals surface area (Å²) < 4.78 is 11.3. The van der Waals surface area contributed by atoms with Gasteiger partial charge in [-0.1, -0.05) is 38.1 Å². The molecule has 2 aromatic carbocycles. The van der Waals surface area contributed by atoms with Gasteiger partial charge in [0, 0.05) is 5.56 Å². The van der Waals surface area contributed by atoms with Crippen molar-refractivity contribution in [1.29, 1.82) is 0 Å². The number of aryl methyl sites for hydroxylation is 1. The Morgan fingerprint density at radius 1 is 0.903 bits per heavy atom. The van der Waals surface area contributed by atoms with Gasteiger partial charge in [0.05, 0.1) is 19.3 Å². The van der Waals surface area contributed by atoms with Crippen molar-refractivity contribution >= 4 is 11.8 Å². The first kappa shape index (κ1) is 24.3. The van der Waals surface area contributed by atoms with Crippen molar-refractivity contribution in [3.05, 3.63) is 59.2 Å². The Morgan fingerprint density at radius 2 is 1.55 bits per heavy atom. The van der Waals surface area contributed by atoms with E-state index in [0.29, 0.717) is 30.3 Å². The summed E-state index contributed by atoms with van der Waals surface area (Å²) in [5.74, 6) is 0.781. The molecular weight excluding hydrogens is 392 g/mol. The highest BCUT2D eigenvalue weighted by molar-refractivity contribution is 5.98. The normalized spacial score (nSPS) is 12.7. The van der Waals surface area contributed by atoms with Crippen LogP contribution in [-0.4, -0.2) is 31.1 Å². The Bertz CT molecular complexity index is 895. The summed E-state index contributed by atoms with van der Waals surface area (Å²) in [7, 11) is 0. The third-order valence-electron chi connectivity index (χ3n) is 5.05. The van der Waals surface area contributed by atoms with E-state index < -0.39 is 6.04 Å². The van der Waals surface area contributed by atoms with Crippen LogP contribution in [0.2, 0.25) is 0 Å². The van der Waals surface area contributed by atoms with E-state index >= 15 is 0 Å². The third-order valence-corrected chi connectivity index (χ3v) is 5.05. The van der Waals surface area contributed by atoms with Gasteiger partial charge >= 0.3 is 0 Å². The van der Waals surface area contributed by atoms with Gasteiger partial charge in [0.15, 0.2) is 11.5 Å². The Balaban J connectivity index is 2.14. The van der Waals surface area contributed by atoms with Crippen molar-refractivity contribution in [3.8, 4) is 11.5 Å². The van der Waals surface area contributed by atoms with Crippen LogP contribution in [0.15, 0.2) is 42.5 Å². The summed E-state index contributed by atoms with van der Waals surface area (Å²) in [6, 6.07) is 12.1. The standard InChI is InChI=1S/C25H34N2O4/c1-7-30-21-14-13-19(15-22(21)31-8-2)18(6)26-25(29)23(16(3)4)27-24(28)20-12-10-9-11-17(20)5/h9-16,18,23H,7-8H2,1-6H3,(H,26,29)(H,27,28)/t18-,23-/m1/s1. The minimum Gasteiger partial charge on any atom is -0.490 e. The minimum atomic E-state index is -0.649. The number of rotatable bonds is 10. The zero-order valence-corrected chi connectivity index (χ0v) is 19.3. The van der Waals surface area contributed by atoms with E-state index in [1.54, 1.807) is 6.07 Å². The number of hydrogen-bond acceptors (Lipinski definition) is 4. The summed E-state index contributed by atoms with van der Waals surface area (Å²) in [6.45, 7) is 12.5. The largest absolute Gasteiger partial charge is 0.490 e. The van der Waals surface area contributed by atoms with E-state index in [0.717, 1.165) is 11.1 Å². The lowest BCUT2D eigenvalue weighted by Crippen LogP contribution is -2.50. The molecule has 2 rings (SSSR count). The van der Waals surface area contributed by atoms with Gasteiger partial charge in [-0.15, -0.1) is 0 Å². The molecule has 0 bridgehead atoms. The lowest BCUT2D eigenvalue weighted by molar-refractivity contribution is -0.124. The number of carbonyl (C=O) groups excluding carboxylic acids is 2. The number of nitrogens with one attached hydrogen (secondary N) is 2. The van der Waals surface area contributed by atoms with Crippen LogP contribution in [0.1, 0.15) is 62.1 Å². The molecule has 0 aliphatic carbocycles. The van der Waals surface area contributed by atoms with Gasteiger partial charge in [0.1, 0.15) is 6.04 Å². The van der Waals surface area contributed by atoms with Gasteiger partial charge in [-0.25, -0.2) is 0 Å². The van der Waals surface area contributed by atoms with Crippen molar-refractivity contribution in [1.82, 2.24) is 10.6 Å². The van der Waals surface area contributed by atoms with E-state index in [4.69, 9.17) is 9.47 Å². The first-order valence-corrected chi connectivity index (χ1v) is 10.8. The van der Waals surface area contributed by atoms with Crippen LogP contribution >= 0.6 is 0 Å². The van der Waals surface area contributed by atoms with Gasteiger partial charge in [-0.05, 0) is 62.9 Å². The second-order valence-corrected chi connectivity index (χ2v) is 7.81. The number of ether oxygens (including phenoxy) is 2. The number of carbonyl (C=O) groups is 2.